The summed E-state index contributed by atoms with van der Waals surface area (Å²) in [7, 11) is 0. The monoisotopic (exact) mass is 257 g/mol. The van der Waals surface area contributed by atoms with Crippen LogP contribution in [0.4, 0.5) is 5.82 Å². The molecule has 100 valence electrons. The number of benzene rings is 1. The molecule has 0 radical (unpaired) electrons. The first-order valence-electron chi connectivity index (χ1n) is 6.35. The van der Waals surface area contributed by atoms with Gasteiger partial charge in [0, 0.05) is 11.1 Å². The highest BCUT2D eigenvalue weighted by molar-refractivity contribution is 5.67. The number of nitrogens with zero attached hydrogens (tertiary/aromatic N) is 2. The van der Waals surface area contributed by atoms with Crippen LogP contribution in [0.15, 0.2) is 24.3 Å². The van der Waals surface area contributed by atoms with E-state index in [0.29, 0.717) is 11.6 Å². The fourth-order valence-corrected chi connectivity index (χ4v) is 1.89. The number of aryl methyl sites for hydroxylation is 1. The molecule has 1 aromatic carbocycles. The smallest absolute Gasteiger partial charge is 0.130 e. The molecule has 2 N–H and O–H groups in total. The third-order valence-corrected chi connectivity index (χ3v) is 2.79. The molecule has 19 heavy (non-hydrogen) atoms. The first-order chi connectivity index (χ1) is 8.97. The summed E-state index contributed by atoms with van der Waals surface area (Å²) in [6, 6.07) is 7.88. The van der Waals surface area contributed by atoms with Gasteiger partial charge in [0.25, 0.3) is 0 Å². The summed E-state index contributed by atoms with van der Waals surface area (Å²) in [6.45, 7) is 7.79. The molecule has 0 unspecified atom stereocenters. The highest BCUT2D eigenvalue weighted by atomic mass is 16.5. The molecule has 0 fully saturated rings. The molecule has 0 atom stereocenters. The Hall–Kier alpha value is -2.10. The van der Waals surface area contributed by atoms with Gasteiger partial charge in [-0.2, -0.15) is 0 Å². The average Bonchev–Trinajstić information content (AvgIpc) is 2.34. The number of ether oxygens (including phenoxy) is 1. The van der Waals surface area contributed by atoms with E-state index in [1.165, 1.54) is 0 Å². The normalized spacial score (nSPS) is 10.8. The van der Waals surface area contributed by atoms with Crippen LogP contribution in [0, 0.1) is 13.8 Å². The first-order valence-corrected chi connectivity index (χ1v) is 6.35. The quantitative estimate of drug-likeness (QED) is 0.917. The second kappa shape index (κ2) is 5.26. The Labute approximate surface area is 113 Å². The van der Waals surface area contributed by atoms with Crippen molar-refractivity contribution in [2.45, 2.75) is 33.8 Å². The van der Waals surface area contributed by atoms with E-state index in [4.69, 9.17) is 10.5 Å². The maximum atomic E-state index is 5.88. The molecule has 0 aliphatic carbocycles. The van der Waals surface area contributed by atoms with Gasteiger partial charge in [-0.25, -0.2) is 9.97 Å². The maximum Gasteiger partial charge on any atom is 0.130 e. The lowest BCUT2D eigenvalue weighted by atomic mass is 10.1. The minimum atomic E-state index is 0.171. The SMILES string of the molecule is Cc1nc(N)c(C)c(-c2ccc(OC(C)C)cc2)n1. The summed E-state index contributed by atoms with van der Waals surface area (Å²) in [6.07, 6.45) is 0.171. The fraction of sp³-hybridized carbons (Fsp3) is 0.333. The van der Waals surface area contributed by atoms with Crippen molar-refractivity contribution in [2.24, 2.45) is 0 Å². The van der Waals surface area contributed by atoms with Crippen LogP contribution in [0.1, 0.15) is 25.2 Å². The van der Waals surface area contributed by atoms with Crippen molar-refractivity contribution in [3.8, 4) is 17.0 Å². The molecule has 0 aliphatic rings. The lowest BCUT2D eigenvalue weighted by Crippen LogP contribution is -2.05. The molecule has 0 bridgehead atoms. The van der Waals surface area contributed by atoms with Crippen molar-refractivity contribution < 1.29 is 4.74 Å². The predicted molar refractivity (Wildman–Crippen MR) is 77.1 cm³/mol. The molecule has 4 heteroatoms. The summed E-state index contributed by atoms with van der Waals surface area (Å²) in [5, 5.41) is 0. The average molecular weight is 257 g/mol. The van der Waals surface area contributed by atoms with Crippen molar-refractivity contribution in [1.29, 1.82) is 0 Å². The van der Waals surface area contributed by atoms with Gasteiger partial charge in [0.05, 0.1) is 11.8 Å². The topological polar surface area (TPSA) is 61.0 Å². The number of hydrogen-bond donors (Lipinski definition) is 1. The zero-order valence-electron chi connectivity index (χ0n) is 11.8. The van der Waals surface area contributed by atoms with Gasteiger partial charge in [-0.05, 0) is 52.0 Å². The van der Waals surface area contributed by atoms with Crippen molar-refractivity contribution in [3.63, 3.8) is 0 Å². The Bertz CT molecular complexity index is 577. The van der Waals surface area contributed by atoms with Gasteiger partial charge in [0.2, 0.25) is 0 Å². The van der Waals surface area contributed by atoms with Crippen molar-refractivity contribution in [2.75, 3.05) is 5.73 Å². The van der Waals surface area contributed by atoms with Crippen LogP contribution in [-0.2, 0) is 0 Å². The molecular formula is C15H19N3O. The first kappa shape index (κ1) is 13.3. The van der Waals surface area contributed by atoms with Crippen LogP contribution in [0.2, 0.25) is 0 Å². The fourth-order valence-electron chi connectivity index (χ4n) is 1.89. The molecule has 2 rings (SSSR count). The van der Waals surface area contributed by atoms with Crippen LogP contribution in [0.3, 0.4) is 0 Å². The molecule has 2 aromatic rings. The Balaban J connectivity index is 2.37. The van der Waals surface area contributed by atoms with E-state index >= 15 is 0 Å². The van der Waals surface area contributed by atoms with Crippen molar-refractivity contribution >= 4 is 5.82 Å². The molecule has 0 aliphatic heterocycles. The van der Waals surface area contributed by atoms with Crippen LogP contribution in [-0.4, -0.2) is 16.1 Å². The molecule has 0 spiro atoms. The Kier molecular flexibility index (Phi) is 3.69. The summed E-state index contributed by atoms with van der Waals surface area (Å²) < 4.78 is 5.63. The number of aromatic nitrogens is 2. The molecule has 4 nitrogen and oxygen atoms in total. The largest absolute Gasteiger partial charge is 0.491 e. The minimum absolute atomic E-state index is 0.171. The van der Waals surface area contributed by atoms with Crippen LogP contribution in [0.25, 0.3) is 11.3 Å². The third kappa shape index (κ3) is 3.02. The zero-order valence-corrected chi connectivity index (χ0v) is 11.8. The summed E-state index contributed by atoms with van der Waals surface area (Å²) in [4.78, 5) is 8.62. The van der Waals surface area contributed by atoms with Crippen LogP contribution in [0.5, 0.6) is 5.75 Å². The summed E-state index contributed by atoms with van der Waals surface area (Å²) in [5.41, 5.74) is 8.68. The number of anilines is 1. The van der Waals surface area contributed by atoms with E-state index in [0.717, 1.165) is 22.6 Å². The third-order valence-electron chi connectivity index (χ3n) is 2.79. The van der Waals surface area contributed by atoms with Gasteiger partial charge >= 0.3 is 0 Å². The van der Waals surface area contributed by atoms with E-state index in [9.17, 15) is 0 Å². The highest BCUT2D eigenvalue weighted by Gasteiger charge is 2.09. The lowest BCUT2D eigenvalue weighted by Gasteiger charge is -2.11. The number of nitrogens with two attached hydrogens (primary N) is 1. The van der Waals surface area contributed by atoms with Gasteiger partial charge in [-0.15, -0.1) is 0 Å². The number of nitrogen functional groups attached to an aromatic ring is 1. The standard InChI is InChI=1S/C15H19N3O/c1-9(2)19-13-7-5-12(6-8-13)14-10(3)15(16)18-11(4)17-14/h5-9H,1-4H3,(H2,16,17,18). The van der Waals surface area contributed by atoms with Gasteiger partial charge in [0.15, 0.2) is 0 Å². The molecular weight excluding hydrogens is 238 g/mol. The van der Waals surface area contributed by atoms with Gasteiger partial charge < -0.3 is 10.5 Å². The van der Waals surface area contributed by atoms with E-state index in [2.05, 4.69) is 9.97 Å². The van der Waals surface area contributed by atoms with E-state index < -0.39 is 0 Å². The lowest BCUT2D eigenvalue weighted by molar-refractivity contribution is 0.242. The van der Waals surface area contributed by atoms with Gasteiger partial charge in [-0.1, -0.05) is 0 Å². The molecule has 1 heterocycles. The minimum Gasteiger partial charge on any atom is -0.491 e. The van der Waals surface area contributed by atoms with Crippen LogP contribution < -0.4 is 10.5 Å². The Morgan fingerprint density at radius 2 is 1.68 bits per heavy atom. The maximum absolute atomic E-state index is 5.88. The molecule has 1 aromatic heterocycles. The highest BCUT2D eigenvalue weighted by Crippen LogP contribution is 2.26. The number of hydrogen-bond acceptors (Lipinski definition) is 4. The molecule has 0 saturated heterocycles. The van der Waals surface area contributed by atoms with Gasteiger partial charge in [0.1, 0.15) is 17.4 Å². The zero-order chi connectivity index (χ0) is 14.0. The predicted octanol–water partition coefficient (Wildman–Crippen LogP) is 3.13. The van der Waals surface area contributed by atoms with Crippen molar-refractivity contribution in [1.82, 2.24) is 9.97 Å². The summed E-state index contributed by atoms with van der Waals surface area (Å²) in [5.74, 6) is 2.07. The van der Waals surface area contributed by atoms with Gasteiger partial charge in [-0.3, -0.25) is 0 Å². The second-order valence-electron chi connectivity index (χ2n) is 4.82. The summed E-state index contributed by atoms with van der Waals surface area (Å²) >= 11 is 0. The Morgan fingerprint density at radius 1 is 1.05 bits per heavy atom. The Morgan fingerprint density at radius 3 is 2.26 bits per heavy atom. The van der Waals surface area contributed by atoms with E-state index in [-0.39, 0.29) is 6.10 Å². The second-order valence-corrected chi connectivity index (χ2v) is 4.82. The van der Waals surface area contributed by atoms with E-state index in [1.807, 2.05) is 52.0 Å². The molecule has 0 saturated carbocycles. The van der Waals surface area contributed by atoms with E-state index in [1.54, 1.807) is 0 Å². The van der Waals surface area contributed by atoms with Crippen molar-refractivity contribution in [3.05, 3.63) is 35.7 Å². The van der Waals surface area contributed by atoms with Crippen LogP contribution >= 0.6 is 0 Å². The molecule has 0 amide bonds. The number of rotatable bonds is 3.